The van der Waals surface area contributed by atoms with Gasteiger partial charge in [0.2, 0.25) is 10.0 Å². The Hall–Kier alpha value is -0.470. The Morgan fingerprint density at radius 1 is 1.33 bits per heavy atom. The molecule has 0 unspecified atom stereocenters. The first-order chi connectivity index (χ1) is 9.99. The predicted octanol–water partition coefficient (Wildman–Crippen LogP) is 1.62. The Bertz CT molecular complexity index is 534. The summed E-state index contributed by atoms with van der Waals surface area (Å²) in [4.78, 5) is 3.59. The second kappa shape index (κ2) is 7.69. The van der Waals surface area contributed by atoms with Crippen molar-refractivity contribution in [2.75, 3.05) is 26.2 Å². The van der Waals surface area contributed by atoms with Crippen molar-refractivity contribution >= 4 is 21.4 Å². The smallest absolute Gasteiger partial charge is 0.241 e. The summed E-state index contributed by atoms with van der Waals surface area (Å²) in [6, 6.07) is 2.03. The van der Waals surface area contributed by atoms with Gasteiger partial charge in [0.05, 0.1) is 4.90 Å². The van der Waals surface area contributed by atoms with Crippen LogP contribution in [0.3, 0.4) is 0 Å². The molecule has 1 aromatic heterocycles. The fourth-order valence-corrected chi connectivity index (χ4v) is 4.83. The largest absolute Gasteiger partial charge is 0.310 e. The van der Waals surface area contributed by atoms with Crippen molar-refractivity contribution in [3.05, 3.63) is 16.3 Å². The third-order valence-corrected chi connectivity index (χ3v) is 6.18. The molecule has 21 heavy (non-hydrogen) atoms. The molecule has 0 radical (unpaired) electrons. The van der Waals surface area contributed by atoms with Crippen LogP contribution < -0.4 is 10.0 Å². The average molecular weight is 332 g/mol. The zero-order valence-corrected chi connectivity index (χ0v) is 14.4. The average Bonchev–Trinajstić information content (AvgIpc) is 3.07. The standard InChI is InChI=1S/C14H25N3O2S2/c1-12(2)15-11-13-14(5-10-20-13)21(18,19)16-6-9-17-7-3-4-8-17/h5,10,12,15-16H,3-4,6-9,11H2,1-2H3. The third kappa shape index (κ3) is 5.03. The molecule has 1 aliphatic rings. The van der Waals surface area contributed by atoms with E-state index in [-0.39, 0.29) is 0 Å². The zero-order chi connectivity index (χ0) is 15.3. The summed E-state index contributed by atoms with van der Waals surface area (Å²) in [5.41, 5.74) is 0. The number of nitrogens with zero attached hydrogens (tertiary/aromatic N) is 1. The SMILES string of the molecule is CC(C)NCc1sccc1S(=O)(=O)NCCN1CCCC1. The van der Waals surface area contributed by atoms with Crippen molar-refractivity contribution in [3.63, 3.8) is 0 Å². The monoisotopic (exact) mass is 331 g/mol. The maximum Gasteiger partial charge on any atom is 0.241 e. The van der Waals surface area contributed by atoms with E-state index in [0.717, 1.165) is 24.5 Å². The summed E-state index contributed by atoms with van der Waals surface area (Å²) in [5.74, 6) is 0. The summed E-state index contributed by atoms with van der Waals surface area (Å²) < 4.78 is 27.5. The molecule has 0 atom stereocenters. The second-order valence-corrected chi connectivity index (χ2v) is 8.43. The third-order valence-electron chi connectivity index (χ3n) is 3.58. The van der Waals surface area contributed by atoms with E-state index < -0.39 is 10.0 Å². The van der Waals surface area contributed by atoms with Crippen LogP contribution in [0.25, 0.3) is 0 Å². The molecule has 2 heterocycles. The second-order valence-electron chi connectivity index (χ2n) is 5.69. The topological polar surface area (TPSA) is 61.4 Å². The fraction of sp³-hybridized carbons (Fsp3) is 0.714. The van der Waals surface area contributed by atoms with Crippen molar-refractivity contribution in [1.82, 2.24) is 14.9 Å². The number of rotatable bonds is 8. The summed E-state index contributed by atoms with van der Waals surface area (Å²) in [7, 11) is -3.39. The van der Waals surface area contributed by atoms with E-state index in [4.69, 9.17) is 0 Å². The van der Waals surface area contributed by atoms with E-state index in [1.54, 1.807) is 6.07 Å². The molecule has 7 heteroatoms. The first-order valence-electron chi connectivity index (χ1n) is 7.51. The van der Waals surface area contributed by atoms with Gasteiger partial charge < -0.3 is 10.2 Å². The van der Waals surface area contributed by atoms with Crippen LogP contribution in [0, 0.1) is 0 Å². The maximum absolute atomic E-state index is 12.4. The number of hydrogen-bond acceptors (Lipinski definition) is 5. The number of sulfonamides is 1. The molecule has 0 saturated carbocycles. The highest BCUT2D eigenvalue weighted by Gasteiger charge is 2.20. The van der Waals surface area contributed by atoms with Gasteiger partial charge in [-0.25, -0.2) is 13.1 Å². The molecule has 0 amide bonds. The van der Waals surface area contributed by atoms with Crippen LogP contribution in [0.4, 0.5) is 0 Å². The van der Waals surface area contributed by atoms with Crippen molar-refractivity contribution in [2.45, 2.75) is 44.2 Å². The van der Waals surface area contributed by atoms with Gasteiger partial charge in [0, 0.05) is 30.6 Å². The van der Waals surface area contributed by atoms with Crippen molar-refractivity contribution < 1.29 is 8.42 Å². The van der Waals surface area contributed by atoms with Crippen molar-refractivity contribution in [3.8, 4) is 0 Å². The predicted molar refractivity (Wildman–Crippen MR) is 87.2 cm³/mol. The van der Waals surface area contributed by atoms with Crippen LogP contribution in [0.5, 0.6) is 0 Å². The highest BCUT2D eigenvalue weighted by atomic mass is 32.2. The van der Waals surface area contributed by atoms with Crippen LogP contribution in [-0.4, -0.2) is 45.5 Å². The number of likely N-dealkylation sites (tertiary alicyclic amines) is 1. The molecule has 1 fully saturated rings. The maximum atomic E-state index is 12.4. The fourth-order valence-electron chi connectivity index (χ4n) is 2.42. The normalized spacial score (nSPS) is 16.9. The molecule has 5 nitrogen and oxygen atoms in total. The summed E-state index contributed by atoms with van der Waals surface area (Å²) in [5, 5.41) is 5.11. The molecule has 1 aromatic rings. The lowest BCUT2D eigenvalue weighted by Crippen LogP contribution is -2.34. The Kier molecular flexibility index (Phi) is 6.19. The molecule has 0 aliphatic carbocycles. The van der Waals surface area contributed by atoms with E-state index in [1.165, 1.54) is 24.2 Å². The van der Waals surface area contributed by atoms with Gasteiger partial charge in [-0.1, -0.05) is 13.8 Å². The van der Waals surface area contributed by atoms with Gasteiger partial charge in [-0.2, -0.15) is 0 Å². The van der Waals surface area contributed by atoms with Gasteiger partial charge >= 0.3 is 0 Å². The van der Waals surface area contributed by atoms with Crippen LogP contribution >= 0.6 is 11.3 Å². The minimum Gasteiger partial charge on any atom is -0.310 e. The first-order valence-corrected chi connectivity index (χ1v) is 9.87. The molecular weight excluding hydrogens is 306 g/mol. The van der Waals surface area contributed by atoms with Crippen LogP contribution in [0.1, 0.15) is 31.6 Å². The molecule has 1 aliphatic heterocycles. The Labute approximate surface area is 131 Å². The summed E-state index contributed by atoms with van der Waals surface area (Å²) >= 11 is 1.49. The molecule has 0 bridgehead atoms. The first kappa shape index (κ1) is 16.9. The quantitative estimate of drug-likeness (QED) is 0.760. The van der Waals surface area contributed by atoms with E-state index in [1.807, 2.05) is 5.38 Å². The molecule has 1 saturated heterocycles. The molecule has 0 aromatic carbocycles. The lowest BCUT2D eigenvalue weighted by atomic mass is 10.4. The minimum absolute atomic E-state index is 0.339. The van der Waals surface area contributed by atoms with E-state index >= 15 is 0 Å². The van der Waals surface area contributed by atoms with Gasteiger partial charge in [-0.15, -0.1) is 11.3 Å². The highest BCUT2D eigenvalue weighted by Crippen LogP contribution is 2.21. The highest BCUT2D eigenvalue weighted by molar-refractivity contribution is 7.89. The van der Waals surface area contributed by atoms with E-state index in [0.29, 0.717) is 24.0 Å². The Balaban J connectivity index is 1.90. The summed E-state index contributed by atoms with van der Waals surface area (Å²) in [6.45, 7) is 8.15. The van der Waals surface area contributed by atoms with Crippen molar-refractivity contribution in [1.29, 1.82) is 0 Å². The lowest BCUT2D eigenvalue weighted by Gasteiger charge is -2.15. The van der Waals surface area contributed by atoms with Gasteiger partial charge in [0.1, 0.15) is 0 Å². The molecule has 120 valence electrons. The van der Waals surface area contributed by atoms with Gasteiger partial charge in [-0.3, -0.25) is 0 Å². The Morgan fingerprint density at radius 3 is 2.71 bits per heavy atom. The van der Waals surface area contributed by atoms with Gasteiger partial charge in [-0.05, 0) is 37.4 Å². The molecular formula is C14H25N3O2S2. The van der Waals surface area contributed by atoms with Crippen LogP contribution in [0.15, 0.2) is 16.3 Å². The molecule has 2 rings (SSSR count). The summed E-state index contributed by atoms with van der Waals surface area (Å²) in [6.07, 6.45) is 2.45. The number of nitrogens with one attached hydrogen (secondary N) is 2. The van der Waals surface area contributed by atoms with Gasteiger partial charge in [0.25, 0.3) is 0 Å². The lowest BCUT2D eigenvalue weighted by molar-refractivity contribution is 0.344. The van der Waals surface area contributed by atoms with Crippen LogP contribution in [-0.2, 0) is 16.6 Å². The van der Waals surface area contributed by atoms with E-state index in [2.05, 4.69) is 28.8 Å². The van der Waals surface area contributed by atoms with Gasteiger partial charge in [0.15, 0.2) is 0 Å². The van der Waals surface area contributed by atoms with Crippen LogP contribution in [0.2, 0.25) is 0 Å². The Morgan fingerprint density at radius 2 is 2.05 bits per heavy atom. The number of thiophene rings is 1. The minimum atomic E-state index is -3.39. The van der Waals surface area contributed by atoms with E-state index in [9.17, 15) is 8.42 Å². The molecule has 0 spiro atoms. The molecule has 2 N–H and O–H groups in total. The number of hydrogen-bond donors (Lipinski definition) is 2. The van der Waals surface area contributed by atoms with Crippen molar-refractivity contribution in [2.24, 2.45) is 0 Å². The zero-order valence-electron chi connectivity index (χ0n) is 12.8.